The molecular weight excluding hydrogens is 272 g/mol. The fourth-order valence-corrected chi connectivity index (χ4v) is 4.12. The highest BCUT2D eigenvalue weighted by molar-refractivity contribution is 8.00. The van der Waals surface area contributed by atoms with E-state index in [9.17, 15) is 8.42 Å². The molecule has 0 aliphatic heterocycles. The molecule has 0 radical (unpaired) electrons. The van der Waals surface area contributed by atoms with E-state index >= 15 is 0 Å². The molecule has 0 atom stereocenters. The molecule has 5 nitrogen and oxygen atoms in total. The number of nitrogens with two attached hydrogens (primary N) is 1. The van der Waals surface area contributed by atoms with Crippen molar-refractivity contribution in [3.8, 4) is 0 Å². The van der Waals surface area contributed by atoms with Crippen molar-refractivity contribution >= 4 is 21.8 Å². The van der Waals surface area contributed by atoms with E-state index in [1.165, 1.54) is 12.8 Å². The molecule has 0 heterocycles. The molecule has 0 unspecified atom stereocenters. The molecule has 0 saturated heterocycles. The normalized spacial score (nSPS) is 19.2. The molecule has 1 fully saturated rings. The number of hydrogen-bond acceptors (Lipinski definition) is 5. The standard InChI is InChI=1S/C11H24N2O3S2/c1-17-11(4-2-3-5-11)10-13-18(14,15)9-8-16-7-6-12/h13H,2-10,12H2,1H3. The van der Waals surface area contributed by atoms with Crippen LogP contribution in [0.5, 0.6) is 0 Å². The molecule has 0 bridgehead atoms. The van der Waals surface area contributed by atoms with E-state index in [0.29, 0.717) is 19.7 Å². The summed E-state index contributed by atoms with van der Waals surface area (Å²) in [7, 11) is -3.23. The van der Waals surface area contributed by atoms with Crippen molar-refractivity contribution in [3.05, 3.63) is 0 Å². The van der Waals surface area contributed by atoms with E-state index in [1.54, 1.807) is 11.8 Å². The Balaban J connectivity index is 2.31. The monoisotopic (exact) mass is 296 g/mol. The van der Waals surface area contributed by atoms with Gasteiger partial charge in [-0.1, -0.05) is 12.8 Å². The van der Waals surface area contributed by atoms with Crippen LogP contribution < -0.4 is 10.5 Å². The molecule has 1 saturated carbocycles. The lowest BCUT2D eigenvalue weighted by Crippen LogP contribution is -2.40. The summed E-state index contributed by atoms with van der Waals surface area (Å²) in [5, 5.41) is 0. The second-order valence-corrected chi connectivity index (χ2v) is 7.84. The van der Waals surface area contributed by atoms with Crippen LogP contribution in [0.2, 0.25) is 0 Å². The van der Waals surface area contributed by atoms with Gasteiger partial charge < -0.3 is 10.5 Å². The number of sulfonamides is 1. The predicted octanol–water partition coefficient (Wildman–Crippen LogP) is 0.557. The molecular formula is C11H24N2O3S2. The Bertz CT molecular complexity index is 327. The number of thioether (sulfide) groups is 1. The second kappa shape index (κ2) is 7.69. The van der Waals surface area contributed by atoms with Crippen molar-refractivity contribution in [1.82, 2.24) is 4.72 Å². The van der Waals surface area contributed by atoms with E-state index in [2.05, 4.69) is 11.0 Å². The summed E-state index contributed by atoms with van der Waals surface area (Å²) in [6.45, 7) is 1.57. The highest BCUT2D eigenvalue weighted by Crippen LogP contribution is 2.39. The summed E-state index contributed by atoms with van der Waals surface area (Å²) >= 11 is 1.78. The van der Waals surface area contributed by atoms with E-state index in [0.717, 1.165) is 12.8 Å². The second-order valence-electron chi connectivity index (χ2n) is 4.64. The fourth-order valence-electron chi connectivity index (χ4n) is 2.14. The summed E-state index contributed by atoms with van der Waals surface area (Å²) in [5.74, 6) is 0.0114. The van der Waals surface area contributed by atoms with E-state index in [1.807, 2.05) is 0 Å². The Morgan fingerprint density at radius 1 is 1.33 bits per heavy atom. The van der Waals surface area contributed by atoms with Crippen molar-refractivity contribution in [3.63, 3.8) is 0 Å². The van der Waals surface area contributed by atoms with Gasteiger partial charge in [0, 0.05) is 17.8 Å². The lowest BCUT2D eigenvalue weighted by Gasteiger charge is -2.26. The molecule has 108 valence electrons. The molecule has 3 N–H and O–H groups in total. The molecule has 1 aliphatic carbocycles. The third-order valence-electron chi connectivity index (χ3n) is 3.32. The first-order valence-electron chi connectivity index (χ1n) is 6.34. The van der Waals surface area contributed by atoms with Gasteiger partial charge in [-0.15, -0.1) is 0 Å². The van der Waals surface area contributed by atoms with Crippen molar-refractivity contribution in [2.24, 2.45) is 5.73 Å². The van der Waals surface area contributed by atoms with E-state index in [4.69, 9.17) is 10.5 Å². The highest BCUT2D eigenvalue weighted by Gasteiger charge is 2.33. The van der Waals surface area contributed by atoms with Gasteiger partial charge in [0.25, 0.3) is 0 Å². The van der Waals surface area contributed by atoms with Crippen LogP contribution in [0.15, 0.2) is 0 Å². The minimum absolute atomic E-state index is 0.0114. The fraction of sp³-hybridized carbons (Fsp3) is 1.00. The van der Waals surface area contributed by atoms with Gasteiger partial charge in [0.05, 0.1) is 19.0 Å². The van der Waals surface area contributed by atoms with Crippen LogP contribution in [0.3, 0.4) is 0 Å². The Hall–Kier alpha value is 0.180. The summed E-state index contributed by atoms with van der Waals surface area (Å²) < 4.78 is 31.5. The Morgan fingerprint density at radius 2 is 2.00 bits per heavy atom. The molecule has 0 spiro atoms. The summed E-state index contributed by atoms with van der Waals surface area (Å²) in [4.78, 5) is 0. The third kappa shape index (κ3) is 5.44. The molecule has 1 rings (SSSR count). The summed E-state index contributed by atoms with van der Waals surface area (Å²) in [5.41, 5.74) is 5.26. The minimum Gasteiger partial charge on any atom is -0.379 e. The first-order valence-corrected chi connectivity index (χ1v) is 9.22. The van der Waals surface area contributed by atoms with Gasteiger partial charge in [0.1, 0.15) is 0 Å². The van der Waals surface area contributed by atoms with Gasteiger partial charge in [0.15, 0.2) is 0 Å². The largest absolute Gasteiger partial charge is 0.379 e. The average molecular weight is 296 g/mol. The van der Waals surface area contributed by atoms with E-state index < -0.39 is 10.0 Å². The maximum absolute atomic E-state index is 11.8. The maximum atomic E-state index is 11.8. The van der Waals surface area contributed by atoms with Crippen LogP contribution in [-0.2, 0) is 14.8 Å². The molecule has 0 aromatic carbocycles. The van der Waals surface area contributed by atoms with Gasteiger partial charge in [-0.3, -0.25) is 0 Å². The van der Waals surface area contributed by atoms with Gasteiger partial charge in [-0.25, -0.2) is 13.1 Å². The van der Waals surface area contributed by atoms with Crippen LogP contribution in [0.4, 0.5) is 0 Å². The number of ether oxygens (including phenoxy) is 1. The van der Waals surface area contributed by atoms with E-state index in [-0.39, 0.29) is 17.1 Å². The first-order chi connectivity index (χ1) is 8.54. The van der Waals surface area contributed by atoms with Gasteiger partial charge in [-0.2, -0.15) is 11.8 Å². The zero-order valence-electron chi connectivity index (χ0n) is 11.0. The highest BCUT2D eigenvalue weighted by atomic mass is 32.2. The zero-order chi connectivity index (χ0) is 13.5. The quantitative estimate of drug-likeness (QED) is 0.608. The molecule has 0 amide bonds. The van der Waals surface area contributed by atoms with Crippen molar-refractivity contribution in [2.75, 3.05) is 38.3 Å². The molecule has 0 aromatic rings. The van der Waals surface area contributed by atoms with Crippen LogP contribution in [0.25, 0.3) is 0 Å². The average Bonchev–Trinajstić information content (AvgIpc) is 2.82. The third-order valence-corrected chi connectivity index (χ3v) is 6.03. The minimum atomic E-state index is -3.23. The molecule has 7 heteroatoms. The van der Waals surface area contributed by atoms with Crippen molar-refractivity contribution in [1.29, 1.82) is 0 Å². The first kappa shape index (κ1) is 16.2. The lowest BCUT2D eigenvalue weighted by molar-refractivity contribution is 0.156. The van der Waals surface area contributed by atoms with Crippen LogP contribution >= 0.6 is 11.8 Å². The van der Waals surface area contributed by atoms with Crippen LogP contribution in [-0.4, -0.2) is 51.5 Å². The van der Waals surface area contributed by atoms with Gasteiger partial charge >= 0.3 is 0 Å². The summed E-state index contributed by atoms with van der Waals surface area (Å²) in [6.07, 6.45) is 6.65. The molecule has 1 aliphatic rings. The van der Waals surface area contributed by atoms with Crippen molar-refractivity contribution < 1.29 is 13.2 Å². The number of nitrogens with one attached hydrogen (secondary N) is 1. The SMILES string of the molecule is CSC1(CNS(=O)(=O)CCOCCN)CCCC1. The van der Waals surface area contributed by atoms with Gasteiger partial charge in [-0.05, 0) is 19.1 Å². The zero-order valence-corrected chi connectivity index (χ0v) is 12.6. The lowest BCUT2D eigenvalue weighted by atomic mass is 10.1. The van der Waals surface area contributed by atoms with Crippen molar-refractivity contribution in [2.45, 2.75) is 30.4 Å². The maximum Gasteiger partial charge on any atom is 0.213 e. The number of rotatable bonds is 9. The Labute approximate surface area is 114 Å². The van der Waals surface area contributed by atoms with Crippen LogP contribution in [0.1, 0.15) is 25.7 Å². The summed E-state index contributed by atoms with van der Waals surface area (Å²) in [6, 6.07) is 0. The van der Waals surface area contributed by atoms with Crippen LogP contribution in [0, 0.1) is 0 Å². The number of hydrogen-bond donors (Lipinski definition) is 2. The predicted molar refractivity (Wildman–Crippen MR) is 76.4 cm³/mol. The Kier molecular flexibility index (Phi) is 6.94. The Morgan fingerprint density at radius 3 is 2.56 bits per heavy atom. The smallest absolute Gasteiger partial charge is 0.213 e. The topological polar surface area (TPSA) is 81.4 Å². The van der Waals surface area contributed by atoms with Gasteiger partial charge in [0.2, 0.25) is 10.0 Å². The molecule has 0 aromatic heterocycles. The molecule has 18 heavy (non-hydrogen) atoms.